The van der Waals surface area contributed by atoms with Gasteiger partial charge in [-0.3, -0.25) is 20.2 Å². The maximum atomic E-state index is 12.7. The zero-order chi connectivity index (χ0) is 24.5. The van der Waals surface area contributed by atoms with Gasteiger partial charge in [0.25, 0.3) is 11.6 Å². The number of nitro groups is 1. The lowest BCUT2D eigenvalue weighted by molar-refractivity contribution is -0.384. The van der Waals surface area contributed by atoms with Crippen molar-refractivity contribution in [3.05, 3.63) is 89.6 Å². The normalized spacial score (nSPS) is 16.0. The molecule has 0 aliphatic carbocycles. The van der Waals surface area contributed by atoms with Crippen LogP contribution in [0.25, 0.3) is 0 Å². The van der Waals surface area contributed by atoms with Crippen molar-refractivity contribution < 1.29 is 19.6 Å². The predicted molar refractivity (Wildman–Crippen MR) is 140 cm³/mol. The Labute approximate surface area is 221 Å². The standard InChI is InChI=1S/C22H16BrIN4O5S/c23-13-9-17-20(25-11-13)33-18-6-3-14(24)10-16(18)22(17,7-8-29)27-21(34)26-19(30)12-1-4-15(5-2-12)28(31)32/h1-6,9-11,29H,7-8H2,(H2,26,27,30,34). The van der Waals surface area contributed by atoms with Gasteiger partial charge in [0, 0.05) is 56.1 Å². The number of amides is 1. The molecular formula is C22H16BrIN4O5S. The Kier molecular flexibility index (Phi) is 7.12. The van der Waals surface area contributed by atoms with Crippen LogP contribution in [0.4, 0.5) is 5.69 Å². The van der Waals surface area contributed by atoms with Gasteiger partial charge in [0.1, 0.15) is 11.3 Å². The Morgan fingerprint density at radius 3 is 2.65 bits per heavy atom. The van der Waals surface area contributed by atoms with Crippen molar-refractivity contribution >= 4 is 67.4 Å². The Morgan fingerprint density at radius 2 is 1.97 bits per heavy atom. The van der Waals surface area contributed by atoms with Crippen molar-refractivity contribution in [1.82, 2.24) is 15.6 Å². The van der Waals surface area contributed by atoms with Gasteiger partial charge < -0.3 is 15.2 Å². The molecule has 9 nitrogen and oxygen atoms in total. The average molecular weight is 655 g/mol. The van der Waals surface area contributed by atoms with Crippen molar-refractivity contribution in [2.75, 3.05) is 6.61 Å². The molecule has 1 aliphatic heterocycles. The fraction of sp³-hybridized carbons (Fsp3) is 0.136. The summed E-state index contributed by atoms with van der Waals surface area (Å²) in [6.07, 6.45) is 1.82. The van der Waals surface area contributed by atoms with E-state index in [4.69, 9.17) is 17.0 Å². The van der Waals surface area contributed by atoms with Gasteiger partial charge in [-0.2, -0.15) is 0 Å². The van der Waals surface area contributed by atoms with E-state index in [1.54, 1.807) is 6.20 Å². The molecule has 0 bridgehead atoms. The SMILES string of the molecule is O=C(NC(=S)NC1(CCO)c2cc(I)ccc2Oc2ncc(Br)cc21)c1ccc([N+](=O)[O-])cc1. The number of ether oxygens (including phenoxy) is 1. The maximum Gasteiger partial charge on any atom is 0.269 e. The molecule has 1 amide bonds. The minimum absolute atomic E-state index is 0.00874. The van der Waals surface area contributed by atoms with Gasteiger partial charge in [-0.1, -0.05) is 0 Å². The number of halogens is 2. The van der Waals surface area contributed by atoms with Gasteiger partial charge >= 0.3 is 0 Å². The summed E-state index contributed by atoms with van der Waals surface area (Å²) in [5, 5.41) is 26.7. The van der Waals surface area contributed by atoms with Gasteiger partial charge in [0.15, 0.2) is 5.11 Å². The topological polar surface area (TPSA) is 127 Å². The lowest BCUT2D eigenvalue weighted by Gasteiger charge is -2.40. The molecule has 0 spiro atoms. The molecule has 1 aromatic heterocycles. The van der Waals surface area contributed by atoms with E-state index in [0.717, 1.165) is 9.13 Å². The van der Waals surface area contributed by atoms with Crippen LogP contribution in [-0.4, -0.2) is 32.6 Å². The summed E-state index contributed by atoms with van der Waals surface area (Å²) in [6, 6.07) is 12.6. The number of carbonyl (C=O) groups is 1. The summed E-state index contributed by atoms with van der Waals surface area (Å²) < 4.78 is 7.65. The number of non-ortho nitro benzene ring substituents is 1. The van der Waals surface area contributed by atoms with Crippen molar-refractivity contribution in [3.8, 4) is 11.6 Å². The van der Waals surface area contributed by atoms with Gasteiger partial charge in [0.05, 0.1) is 4.92 Å². The fourth-order valence-electron chi connectivity index (χ4n) is 3.76. The number of nitrogens with zero attached hydrogens (tertiary/aromatic N) is 2. The van der Waals surface area contributed by atoms with Crippen molar-refractivity contribution in [3.63, 3.8) is 0 Å². The first-order chi connectivity index (χ1) is 16.2. The number of rotatable bonds is 5. The molecule has 3 N–H and O–H groups in total. The highest BCUT2D eigenvalue weighted by Gasteiger charge is 2.44. The van der Waals surface area contributed by atoms with E-state index in [9.17, 15) is 20.0 Å². The van der Waals surface area contributed by atoms with Gasteiger partial charge in [-0.15, -0.1) is 0 Å². The predicted octanol–water partition coefficient (Wildman–Crippen LogP) is 4.39. The molecule has 0 saturated carbocycles. The van der Waals surface area contributed by atoms with Crippen LogP contribution >= 0.6 is 50.7 Å². The van der Waals surface area contributed by atoms with Gasteiger partial charge in [-0.05, 0) is 87.1 Å². The number of fused-ring (bicyclic) bond motifs is 2. The Balaban J connectivity index is 1.70. The van der Waals surface area contributed by atoms with Crippen molar-refractivity contribution in [2.45, 2.75) is 12.0 Å². The molecule has 174 valence electrons. The van der Waals surface area contributed by atoms with E-state index < -0.39 is 16.4 Å². The second kappa shape index (κ2) is 9.90. The summed E-state index contributed by atoms with van der Waals surface area (Å²) >= 11 is 11.1. The minimum atomic E-state index is -1.05. The van der Waals surface area contributed by atoms with Gasteiger partial charge in [0.2, 0.25) is 5.88 Å². The van der Waals surface area contributed by atoms with Crippen LogP contribution in [0.3, 0.4) is 0 Å². The molecule has 1 aliphatic rings. The number of carbonyl (C=O) groups excluding carboxylic acids is 1. The minimum Gasteiger partial charge on any atom is -0.438 e. The first-order valence-electron chi connectivity index (χ1n) is 9.86. The van der Waals surface area contributed by atoms with E-state index in [0.29, 0.717) is 21.7 Å². The molecule has 12 heteroatoms. The molecule has 3 aromatic rings. The smallest absolute Gasteiger partial charge is 0.269 e. The number of nitro benzene ring substituents is 1. The first kappa shape index (κ1) is 24.4. The number of aliphatic hydroxyl groups excluding tert-OH is 1. The summed E-state index contributed by atoms with van der Waals surface area (Å²) in [7, 11) is 0. The van der Waals surface area contributed by atoms with E-state index in [1.165, 1.54) is 24.3 Å². The number of benzene rings is 2. The number of hydrogen-bond acceptors (Lipinski definition) is 7. The Hall–Kier alpha value is -2.68. The fourth-order valence-corrected chi connectivity index (χ4v) is 4.85. The molecule has 4 rings (SSSR count). The van der Waals surface area contributed by atoms with E-state index in [2.05, 4.69) is 54.1 Å². The second-order valence-corrected chi connectivity index (χ2v) is 9.91. The molecule has 2 aromatic carbocycles. The number of hydrogen-bond donors (Lipinski definition) is 3. The molecule has 1 atom stereocenters. The van der Waals surface area contributed by atoms with E-state index in [1.807, 2.05) is 24.3 Å². The van der Waals surface area contributed by atoms with Crippen molar-refractivity contribution in [1.29, 1.82) is 0 Å². The third-order valence-electron chi connectivity index (χ3n) is 5.27. The van der Waals surface area contributed by atoms with Crippen LogP contribution in [0.2, 0.25) is 0 Å². The largest absolute Gasteiger partial charge is 0.438 e. The van der Waals surface area contributed by atoms with Gasteiger partial charge in [-0.25, -0.2) is 4.98 Å². The van der Waals surface area contributed by atoms with Crippen molar-refractivity contribution in [2.24, 2.45) is 0 Å². The van der Waals surface area contributed by atoms with E-state index in [-0.39, 0.29) is 29.4 Å². The van der Waals surface area contributed by atoms with Crippen LogP contribution < -0.4 is 15.4 Å². The van der Waals surface area contributed by atoms with Crippen LogP contribution in [0.5, 0.6) is 11.6 Å². The average Bonchev–Trinajstić information content (AvgIpc) is 2.80. The summed E-state index contributed by atoms with van der Waals surface area (Å²) in [6.45, 7) is -0.192. The number of nitrogens with one attached hydrogen (secondary N) is 2. The third-order valence-corrected chi connectivity index (χ3v) is 6.58. The summed E-state index contributed by atoms with van der Waals surface area (Å²) in [4.78, 5) is 27.4. The Morgan fingerprint density at radius 1 is 1.24 bits per heavy atom. The monoisotopic (exact) mass is 654 g/mol. The maximum absolute atomic E-state index is 12.7. The van der Waals surface area contributed by atoms with Crippen LogP contribution in [0.1, 0.15) is 27.9 Å². The summed E-state index contributed by atoms with van der Waals surface area (Å²) in [5.41, 5.74) is 0.403. The van der Waals surface area contributed by atoms with E-state index >= 15 is 0 Å². The number of pyridine rings is 1. The molecule has 0 saturated heterocycles. The number of thiocarbonyl (C=S) groups is 1. The molecule has 2 heterocycles. The van der Waals surface area contributed by atoms with Crippen LogP contribution in [-0.2, 0) is 5.54 Å². The highest BCUT2D eigenvalue weighted by Crippen LogP contribution is 2.48. The molecule has 1 unspecified atom stereocenters. The molecule has 34 heavy (non-hydrogen) atoms. The first-order valence-corrected chi connectivity index (χ1v) is 12.1. The Bertz CT molecular complexity index is 1250. The summed E-state index contributed by atoms with van der Waals surface area (Å²) in [5.74, 6) is 0.365. The zero-order valence-corrected chi connectivity index (χ0v) is 21.8. The molecular weight excluding hydrogens is 639 g/mol. The highest BCUT2D eigenvalue weighted by molar-refractivity contribution is 14.1. The third kappa shape index (κ3) is 4.76. The zero-order valence-electron chi connectivity index (χ0n) is 17.2. The number of aromatic nitrogens is 1. The molecule has 0 fully saturated rings. The van der Waals surface area contributed by atoms with Crippen LogP contribution in [0, 0.1) is 13.7 Å². The number of aliphatic hydroxyl groups is 1. The second-order valence-electron chi connectivity index (χ2n) is 7.34. The van der Waals surface area contributed by atoms with Crippen LogP contribution in [0.15, 0.2) is 59.2 Å². The molecule has 0 radical (unpaired) electrons. The highest BCUT2D eigenvalue weighted by atomic mass is 127. The quantitative estimate of drug-likeness (QED) is 0.160. The lowest BCUT2D eigenvalue weighted by atomic mass is 9.79. The lowest BCUT2D eigenvalue weighted by Crippen LogP contribution is -2.53.